The van der Waals surface area contributed by atoms with Gasteiger partial charge >= 0.3 is 88.7 Å². The van der Waals surface area contributed by atoms with Crippen LogP contribution in [0.4, 0.5) is 29.0 Å². The summed E-state index contributed by atoms with van der Waals surface area (Å²) in [4.78, 5) is 8.73. The van der Waals surface area contributed by atoms with Crippen LogP contribution in [0.5, 0.6) is 5.75 Å². The summed E-state index contributed by atoms with van der Waals surface area (Å²) < 4.78 is 139. The summed E-state index contributed by atoms with van der Waals surface area (Å²) in [6.45, 7) is 3.05. The zero-order valence-electron chi connectivity index (χ0n) is 29.9. The summed E-state index contributed by atoms with van der Waals surface area (Å²) in [6, 6.07) is 10.3. The minimum absolute atomic E-state index is 0. The molecule has 0 unspecified atom stereocenters. The fourth-order valence-corrected chi connectivity index (χ4v) is 7.54. The van der Waals surface area contributed by atoms with Crippen LogP contribution in [0.25, 0.3) is 21.5 Å². The molecule has 0 saturated heterocycles. The second-order valence-corrected chi connectivity index (χ2v) is 17.2. The largest absolute Gasteiger partial charge is 1.00 e. The molecule has 28 heteroatoms. The third-order valence-electron chi connectivity index (χ3n) is 7.20. The Morgan fingerprint density at radius 2 is 1.47 bits per heavy atom. The Balaban J connectivity index is 0.00000374. The van der Waals surface area contributed by atoms with Gasteiger partial charge in [-0.15, -0.1) is 10.2 Å². The summed E-state index contributed by atoms with van der Waals surface area (Å²) >= 11 is 6.04. The Hall–Kier alpha value is -1.92. The SMILES string of the molecule is C=CS(=O)(=O)CCOCCNc1nc(Cl)nc(Nc2cc(S(=O)(=O)[O-])cc3cc(S(=O)(=O)[O-])c(N=Nc4ccc5ccccc5c4S(=O)(=O)[O-])c(O)c23)n1.[Na+].[Na+].[Na+]. The zero-order chi connectivity index (χ0) is 39.6. The number of phenols is 1. The minimum atomic E-state index is -5.57. The second-order valence-electron chi connectivity index (χ2n) is 10.8. The molecule has 3 N–H and O–H groups in total. The zero-order valence-corrected chi connectivity index (χ0v) is 39.9. The molecule has 5 aromatic rings. The second kappa shape index (κ2) is 20.6. The van der Waals surface area contributed by atoms with Gasteiger partial charge in [0.2, 0.25) is 17.2 Å². The maximum Gasteiger partial charge on any atom is 1.00 e. The van der Waals surface area contributed by atoms with Crippen LogP contribution in [-0.2, 0) is 44.9 Å². The molecule has 0 bridgehead atoms. The van der Waals surface area contributed by atoms with Crippen molar-refractivity contribution in [1.29, 1.82) is 0 Å². The molecule has 0 saturated carbocycles. The average molecular weight is 910 g/mol. The van der Waals surface area contributed by atoms with Crippen molar-refractivity contribution >= 4 is 102 Å². The smallest absolute Gasteiger partial charge is 0.744 e. The van der Waals surface area contributed by atoms with E-state index in [9.17, 15) is 52.4 Å². The van der Waals surface area contributed by atoms with Gasteiger partial charge in [-0.05, 0) is 46.6 Å². The van der Waals surface area contributed by atoms with Gasteiger partial charge in [0.15, 0.2) is 15.6 Å². The molecule has 0 amide bonds. The summed E-state index contributed by atoms with van der Waals surface area (Å²) in [5, 5.41) is 23.7. The Kier molecular flexibility index (Phi) is 18.5. The van der Waals surface area contributed by atoms with E-state index in [4.69, 9.17) is 16.3 Å². The Morgan fingerprint density at radius 3 is 2.11 bits per heavy atom. The van der Waals surface area contributed by atoms with Crippen LogP contribution in [0.3, 0.4) is 0 Å². The van der Waals surface area contributed by atoms with Crippen LogP contribution >= 0.6 is 11.6 Å². The number of hydrogen-bond acceptors (Lipinski definition) is 20. The van der Waals surface area contributed by atoms with Crippen molar-refractivity contribution in [1.82, 2.24) is 15.0 Å². The predicted octanol–water partition coefficient (Wildman–Crippen LogP) is -5.59. The van der Waals surface area contributed by atoms with Gasteiger partial charge in [-0.1, -0.05) is 36.9 Å². The van der Waals surface area contributed by atoms with Crippen molar-refractivity contribution in [3.63, 3.8) is 0 Å². The van der Waals surface area contributed by atoms with Crippen molar-refractivity contribution in [2.75, 3.05) is 36.1 Å². The van der Waals surface area contributed by atoms with E-state index in [1.54, 1.807) is 6.07 Å². The third-order valence-corrected chi connectivity index (χ3v) is 11.2. The van der Waals surface area contributed by atoms with Crippen molar-refractivity contribution in [3.05, 3.63) is 71.9 Å². The van der Waals surface area contributed by atoms with E-state index in [0.29, 0.717) is 17.5 Å². The fourth-order valence-electron chi connectivity index (χ4n) is 4.87. The molecule has 0 aliphatic rings. The monoisotopic (exact) mass is 909 g/mol. The number of phenolic OH excluding ortho intramolecular Hbond substituents is 1. The summed E-state index contributed by atoms with van der Waals surface area (Å²) in [7, 11) is -19.6. The summed E-state index contributed by atoms with van der Waals surface area (Å²) in [5.41, 5.74) is -2.12. The van der Waals surface area contributed by atoms with Crippen LogP contribution in [0.15, 0.2) is 91.5 Å². The first-order valence-corrected chi connectivity index (χ1v) is 21.0. The van der Waals surface area contributed by atoms with E-state index in [1.807, 2.05) is 0 Å². The molecule has 57 heavy (non-hydrogen) atoms. The number of azo groups is 1. The van der Waals surface area contributed by atoms with Crippen LogP contribution in [0, 0.1) is 0 Å². The van der Waals surface area contributed by atoms with Crippen LogP contribution in [0.2, 0.25) is 5.28 Å². The molecular formula is C29H23ClN7Na3O13S4. The molecule has 1 aromatic heterocycles. The Morgan fingerprint density at radius 1 is 0.807 bits per heavy atom. The molecule has 0 spiro atoms. The van der Waals surface area contributed by atoms with E-state index in [1.165, 1.54) is 24.3 Å². The number of fused-ring (bicyclic) bond motifs is 2. The van der Waals surface area contributed by atoms with Crippen molar-refractivity contribution in [3.8, 4) is 5.75 Å². The molecule has 286 valence electrons. The fraction of sp³-hybridized carbons (Fsp3) is 0.138. The summed E-state index contributed by atoms with van der Waals surface area (Å²) in [6.07, 6.45) is 0. The number of aromatic hydroxyl groups is 1. The topological polar surface area (TPSA) is 323 Å². The van der Waals surface area contributed by atoms with E-state index < -0.39 is 99.7 Å². The van der Waals surface area contributed by atoms with Gasteiger partial charge in [0.05, 0.1) is 39.3 Å². The molecular weight excluding hydrogens is 887 g/mol. The number of sulfone groups is 1. The normalized spacial score (nSPS) is 12.1. The number of nitrogens with zero attached hydrogens (tertiary/aromatic N) is 5. The third kappa shape index (κ3) is 13.0. The number of benzene rings is 4. The number of halogens is 1. The minimum Gasteiger partial charge on any atom is -0.744 e. The number of nitrogens with one attached hydrogen (secondary N) is 2. The maximum atomic E-state index is 12.4. The van der Waals surface area contributed by atoms with Crippen LogP contribution in [-0.4, -0.2) is 92.9 Å². The van der Waals surface area contributed by atoms with Crippen molar-refractivity contribution < 1.29 is 146 Å². The molecule has 4 aromatic carbocycles. The molecule has 0 radical (unpaired) electrons. The predicted molar refractivity (Wildman–Crippen MR) is 189 cm³/mol. The van der Waals surface area contributed by atoms with Gasteiger partial charge in [-0.25, -0.2) is 33.7 Å². The van der Waals surface area contributed by atoms with Gasteiger partial charge in [-0.2, -0.15) is 15.0 Å². The average Bonchev–Trinajstić information content (AvgIpc) is 3.07. The van der Waals surface area contributed by atoms with Gasteiger partial charge in [0, 0.05) is 22.7 Å². The number of rotatable bonds is 15. The molecule has 0 aliphatic carbocycles. The van der Waals surface area contributed by atoms with E-state index in [2.05, 4.69) is 42.4 Å². The first kappa shape index (κ1) is 51.2. The number of ether oxygens (including phenoxy) is 1. The van der Waals surface area contributed by atoms with Gasteiger partial charge in [-0.3, -0.25) is 0 Å². The number of aromatic nitrogens is 3. The van der Waals surface area contributed by atoms with E-state index in [0.717, 1.165) is 17.5 Å². The molecule has 0 atom stereocenters. The Labute approximate surface area is 397 Å². The van der Waals surface area contributed by atoms with Crippen molar-refractivity contribution in [2.45, 2.75) is 14.7 Å². The van der Waals surface area contributed by atoms with Gasteiger partial charge in [0.25, 0.3) is 0 Å². The van der Waals surface area contributed by atoms with Gasteiger partial charge < -0.3 is 34.1 Å². The van der Waals surface area contributed by atoms with E-state index in [-0.39, 0.29) is 126 Å². The quantitative estimate of drug-likeness (QED) is 0.0382. The molecule has 20 nitrogen and oxygen atoms in total. The number of hydrogen-bond donors (Lipinski definition) is 3. The molecule has 5 rings (SSSR count). The van der Waals surface area contributed by atoms with Gasteiger partial charge in [0.1, 0.15) is 41.7 Å². The standard InChI is InChI=1S/C29H26ClN7O13S4.3Na/c1-2-51(39,40)12-11-50-10-9-31-28-33-27(30)34-29(35-28)32-21-15-18(52(41,42)43)13-17-14-22(53(44,45)46)24(25(38)23(17)21)37-36-20-8-7-16-5-3-4-6-19(16)26(20)54(47,48)49;;;/h2-8,13-15,38H,1,9-12H2,(H,41,42,43)(H,44,45,46)(H,47,48,49)(H2,31,32,33,34,35);;;/q;3*+1/p-3. The van der Waals surface area contributed by atoms with Crippen LogP contribution in [0.1, 0.15) is 0 Å². The summed E-state index contributed by atoms with van der Waals surface area (Å²) in [5.74, 6) is -2.06. The number of anilines is 3. The van der Waals surface area contributed by atoms with Crippen molar-refractivity contribution in [2.24, 2.45) is 10.2 Å². The van der Waals surface area contributed by atoms with Crippen LogP contribution < -0.4 is 99.3 Å². The van der Waals surface area contributed by atoms with E-state index >= 15 is 0 Å². The molecule has 1 heterocycles. The maximum absolute atomic E-state index is 12.4. The first-order valence-electron chi connectivity index (χ1n) is 14.7. The Bertz CT molecular complexity index is 2820. The molecule has 0 aliphatic heterocycles. The first-order chi connectivity index (χ1) is 25.2. The molecule has 0 fully saturated rings.